The summed E-state index contributed by atoms with van der Waals surface area (Å²) >= 11 is 0. The van der Waals surface area contributed by atoms with Gasteiger partial charge >= 0.3 is 0 Å². The molecular weight excluding hydrogens is 388 g/mol. The number of hydrogen-bond donors (Lipinski definition) is 1. The van der Waals surface area contributed by atoms with E-state index in [9.17, 15) is 9.90 Å². The highest BCUT2D eigenvalue weighted by atomic mass is 16.5. The van der Waals surface area contributed by atoms with Crippen molar-refractivity contribution in [2.75, 3.05) is 7.11 Å². The molecule has 0 radical (unpaired) electrons. The summed E-state index contributed by atoms with van der Waals surface area (Å²) in [5.74, 6) is 0.861. The van der Waals surface area contributed by atoms with Crippen LogP contribution in [-0.4, -0.2) is 12.2 Å². The van der Waals surface area contributed by atoms with Gasteiger partial charge in [0.2, 0.25) is 0 Å². The van der Waals surface area contributed by atoms with Gasteiger partial charge in [0.15, 0.2) is 16.9 Å². The first kappa shape index (κ1) is 22.4. The Morgan fingerprint density at radius 3 is 2.55 bits per heavy atom. The standard InChI is InChI=1S/C27H30O4/c1-17(2)7-6-8-18(3)9-13-22-26(29)21-12-10-19(4)15-25(21)31-27(22)20-11-14-24(30-5)23(28)16-20/h7,9-12,14-16,28H,6,8,13H2,1-5H3/b18-9-. The normalized spacial score (nSPS) is 11.6. The fourth-order valence-corrected chi connectivity index (χ4v) is 3.56. The SMILES string of the molecule is COc1ccc(-c2oc3cc(C)ccc3c(=O)c2C/C=C(/C)CCC=C(C)C)cc1O. The number of aryl methyl sites for hydroxylation is 1. The summed E-state index contributed by atoms with van der Waals surface area (Å²) in [4.78, 5) is 13.4. The van der Waals surface area contributed by atoms with Crippen LogP contribution in [0.4, 0.5) is 0 Å². The van der Waals surface area contributed by atoms with E-state index in [0.29, 0.717) is 40.0 Å². The van der Waals surface area contributed by atoms with Crippen LogP contribution in [0.2, 0.25) is 0 Å². The molecule has 0 aliphatic carbocycles. The average Bonchev–Trinajstić information content (AvgIpc) is 2.72. The van der Waals surface area contributed by atoms with Crippen molar-refractivity contribution in [3.63, 3.8) is 0 Å². The van der Waals surface area contributed by atoms with Crippen LogP contribution in [-0.2, 0) is 6.42 Å². The van der Waals surface area contributed by atoms with Crippen LogP contribution in [0.3, 0.4) is 0 Å². The molecule has 3 rings (SSSR count). The van der Waals surface area contributed by atoms with E-state index in [1.54, 1.807) is 18.2 Å². The summed E-state index contributed by atoms with van der Waals surface area (Å²) in [5, 5.41) is 10.8. The van der Waals surface area contributed by atoms with Gasteiger partial charge in [0.1, 0.15) is 11.3 Å². The molecule has 0 saturated heterocycles. The van der Waals surface area contributed by atoms with Crippen molar-refractivity contribution in [3.05, 3.63) is 81.0 Å². The molecule has 1 heterocycles. The van der Waals surface area contributed by atoms with Gasteiger partial charge in [0.05, 0.1) is 12.5 Å². The van der Waals surface area contributed by atoms with Crippen LogP contribution < -0.4 is 10.2 Å². The highest BCUT2D eigenvalue weighted by Crippen LogP contribution is 2.34. The molecule has 1 aromatic heterocycles. The maximum absolute atomic E-state index is 13.4. The van der Waals surface area contributed by atoms with Crippen molar-refractivity contribution in [2.45, 2.75) is 47.0 Å². The monoisotopic (exact) mass is 418 g/mol. The molecule has 1 N–H and O–H groups in total. The van der Waals surface area contributed by atoms with Gasteiger partial charge in [-0.05, 0) is 82.9 Å². The molecule has 0 bridgehead atoms. The summed E-state index contributed by atoms with van der Waals surface area (Å²) in [7, 11) is 1.50. The molecule has 0 spiro atoms. The highest BCUT2D eigenvalue weighted by Gasteiger charge is 2.17. The summed E-state index contributed by atoms with van der Waals surface area (Å²) in [6, 6.07) is 10.7. The third kappa shape index (κ3) is 5.26. The number of allylic oxidation sites excluding steroid dienone is 4. The van der Waals surface area contributed by atoms with Gasteiger partial charge in [0, 0.05) is 11.1 Å². The Labute approximate surface area is 183 Å². The second-order valence-corrected chi connectivity index (χ2v) is 8.20. The number of rotatable bonds is 7. The first-order valence-corrected chi connectivity index (χ1v) is 10.5. The Morgan fingerprint density at radius 2 is 1.87 bits per heavy atom. The molecule has 0 saturated carbocycles. The first-order chi connectivity index (χ1) is 14.8. The van der Waals surface area contributed by atoms with Gasteiger partial charge in [-0.25, -0.2) is 0 Å². The molecule has 4 nitrogen and oxygen atoms in total. The summed E-state index contributed by atoms with van der Waals surface area (Å²) < 4.78 is 11.4. The van der Waals surface area contributed by atoms with Crippen LogP contribution in [0.25, 0.3) is 22.3 Å². The van der Waals surface area contributed by atoms with Crippen molar-refractivity contribution in [3.8, 4) is 22.8 Å². The van der Waals surface area contributed by atoms with E-state index in [4.69, 9.17) is 9.15 Å². The number of methoxy groups -OCH3 is 1. The smallest absolute Gasteiger partial charge is 0.196 e. The number of phenols is 1. The van der Waals surface area contributed by atoms with Crippen molar-refractivity contribution in [2.24, 2.45) is 0 Å². The fraction of sp³-hybridized carbons (Fsp3) is 0.296. The second-order valence-electron chi connectivity index (χ2n) is 8.20. The number of fused-ring (bicyclic) bond motifs is 1. The van der Waals surface area contributed by atoms with E-state index >= 15 is 0 Å². The Kier molecular flexibility index (Phi) is 7.01. The van der Waals surface area contributed by atoms with Gasteiger partial charge in [-0.3, -0.25) is 4.79 Å². The van der Waals surface area contributed by atoms with Crippen LogP contribution in [0.1, 0.15) is 44.7 Å². The minimum Gasteiger partial charge on any atom is -0.504 e. The second kappa shape index (κ2) is 9.69. The lowest BCUT2D eigenvalue weighted by Crippen LogP contribution is -2.11. The lowest BCUT2D eigenvalue weighted by molar-refractivity contribution is 0.373. The number of aromatic hydroxyl groups is 1. The lowest BCUT2D eigenvalue weighted by Gasteiger charge is -2.11. The predicted octanol–water partition coefficient (Wildman–Crippen LogP) is 6.72. The molecule has 0 unspecified atom stereocenters. The van der Waals surface area contributed by atoms with E-state index in [-0.39, 0.29) is 11.2 Å². The van der Waals surface area contributed by atoms with E-state index in [1.165, 1.54) is 18.3 Å². The van der Waals surface area contributed by atoms with Crippen LogP contribution in [0.15, 0.2) is 68.9 Å². The van der Waals surface area contributed by atoms with Crippen LogP contribution >= 0.6 is 0 Å². The third-order valence-electron chi connectivity index (χ3n) is 5.33. The van der Waals surface area contributed by atoms with Crippen LogP contribution in [0.5, 0.6) is 11.5 Å². The van der Waals surface area contributed by atoms with E-state index in [2.05, 4.69) is 32.9 Å². The van der Waals surface area contributed by atoms with Gasteiger partial charge in [0.25, 0.3) is 0 Å². The Balaban J connectivity index is 2.10. The van der Waals surface area contributed by atoms with Gasteiger partial charge in [-0.1, -0.05) is 29.4 Å². The highest BCUT2D eigenvalue weighted by molar-refractivity contribution is 5.81. The molecular formula is C27H30O4. The molecule has 0 fully saturated rings. The fourth-order valence-electron chi connectivity index (χ4n) is 3.56. The Morgan fingerprint density at radius 1 is 1.10 bits per heavy atom. The predicted molar refractivity (Wildman–Crippen MR) is 127 cm³/mol. The molecule has 0 aliphatic heterocycles. The van der Waals surface area contributed by atoms with Crippen molar-refractivity contribution >= 4 is 11.0 Å². The molecule has 162 valence electrons. The maximum Gasteiger partial charge on any atom is 0.196 e. The average molecular weight is 419 g/mol. The zero-order valence-corrected chi connectivity index (χ0v) is 18.9. The first-order valence-electron chi connectivity index (χ1n) is 10.5. The zero-order chi connectivity index (χ0) is 22.5. The third-order valence-corrected chi connectivity index (χ3v) is 5.33. The summed E-state index contributed by atoms with van der Waals surface area (Å²) in [6.07, 6.45) is 6.71. The van der Waals surface area contributed by atoms with E-state index < -0.39 is 0 Å². The molecule has 3 aromatic rings. The Hall–Kier alpha value is -3.27. The molecule has 0 atom stereocenters. The molecule has 4 heteroatoms. The largest absolute Gasteiger partial charge is 0.504 e. The van der Waals surface area contributed by atoms with Gasteiger partial charge in [-0.15, -0.1) is 0 Å². The van der Waals surface area contributed by atoms with Crippen molar-refractivity contribution in [1.29, 1.82) is 0 Å². The molecule has 0 aliphatic rings. The zero-order valence-electron chi connectivity index (χ0n) is 18.9. The van der Waals surface area contributed by atoms with E-state index in [1.807, 2.05) is 25.1 Å². The van der Waals surface area contributed by atoms with Crippen LogP contribution in [0, 0.1) is 6.92 Å². The summed E-state index contributed by atoms with van der Waals surface area (Å²) in [6.45, 7) is 8.24. The summed E-state index contributed by atoms with van der Waals surface area (Å²) in [5.41, 5.74) is 5.28. The number of benzene rings is 2. The lowest BCUT2D eigenvalue weighted by atomic mass is 9.99. The molecule has 0 amide bonds. The number of hydrogen-bond acceptors (Lipinski definition) is 4. The number of phenolic OH excluding ortho intramolecular Hbond substituents is 1. The minimum atomic E-state index is -0.0418. The molecule has 2 aromatic carbocycles. The van der Waals surface area contributed by atoms with Crippen molar-refractivity contribution < 1.29 is 14.3 Å². The quantitative estimate of drug-likeness (QED) is 0.433. The molecule has 31 heavy (non-hydrogen) atoms. The topological polar surface area (TPSA) is 59.7 Å². The maximum atomic E-state index is 13.4. The minimum absolute atomic E-state index is 0.00591. The van der Waals surface area contributed by atoms with E-state index in [0.717, 1.165) is 18.4 Å². The van der Waals surface area contributed by atoms with Crippen molar-refractivity contribution in [1.82, 2.24) is 0 Å². The number of ether oxygens (including phenoxy) is 1. The van der Waals surface area contributed by atoms with Gasteiger partial charge in [-0.2, -0.15) is 0 Å². The van der Waals surface area contributed by atoms with Gasteiger partial charge < -0.3 is 14.3 Å². The Bertz CT molecular complexity index is 1210.